The van der Waals surface area contributed by atoms with Gasteiger partial charge in [-0.3, -0.25) is 24.3 Å². The fraction of sp³-hybridized carbons (Fsp3) is 0.0833. The molecule has 0 saturated carbocycles. The SMILES string of the molecule is CC(=O)Nc1cccc(N2C(=O)C(=O)/C(=C(/O)c3cccc(Cl)c3)C2c2ccncc2)c1. The van der Waals surface area contributed by atoms with E-state index >= 15 is 0 Å². The predicted octanol–water partition coefficient (Wildman–Crippen LogP) is 4.32. The van der Waals surface area contributed by atoms with Crippen molar-refractivity contribution in [3.8, 4) is 0 Å². The maximum atomic E-state index is 13.1. The van der Waals surface area contributed by atoms with Crippen molar-refractivity contribution in [3.63, 3.8) is 0 Å². The number of aromatic nitrogens is 1. The molecule has 0 spiro atoms. The Morgan fingerprint density at radius 2 is 1.78 bits per heavy atom. The van der Waals surface area contributed by atoms with Gasteiger partial charge in [0.25, 0.3) is 11.7 Å². The number of amides is 2. The lowest BCUT2D eigenvalue weighted by Crippen LogP contribution is -2.29. The Labute approximate surface area is 189 Å². The van der Waals surface area contributed by atoms with Crippen molar-refractivity contribution < 1.29 is 19.5 Å². The minimum absolute atomic E-state index is 0.0617. The molecule has 1 saturated heterocycles. The number of pyridine rings is 1. The lowest BCUT2D eigenvalue weighted by atomic mass is 9.96. The van der Waals surface area contributed by atoms with Gasteiger partial charge in [-0.2, -0.15) is 0 Å². The summed E-state index contributed by atoms with van der Waals surface area (Å²) in [5.41, 5.74) is 1.72. The molecular formula is C24H18ClN3O4. The van der Waals surface area contributed by atoms with Crippen LogP contribution < -0.4 is 10.2 Å². The largest absolute Gasteiger partial charge is 0.507 e. The molecule has 1 atom stereocenters. The molecule has 2 heterocycles. The second kappa shape index (κ2) is 8.64. The molecular weight excluding hydrogens is 430 g/mol. The molecule has 1 unspecified atom stereocenters. The highest BCUT2D eigenvalue weighted by Crippen LogP contribution is 2.42. The summed E-state index contributed by atoms with van der Waals surface area (Å²) < 4.78 is 0. The molecule has 0 aliphatic carbocycles. The first-order valence-corrected chi connectivity index (χ1v) is 10.1. The number of anilines is 2. The van der Waals surface area contributed by atoms with E-state index in [4.69, 9.17) is 11.6 Å². The molecule has 0 bridgehead atoms. The van der Waals surface area contributed by atoms with Crippen LogP contribution in [-0.4, -0.2) is 27.7 Å². The number of Topliss-reactive ketones (excluding diaryl/α,β-unsaturated/α-hetero) is 1. The van der Waals surface area contributed by atoms with Crippen molar-refractivity contribution in [1.29, 1.82) is 0 Å². The molecule has 1 aromatic heterocycles. The smallest absolute Gasteiger partial charge is 0.300 e. The number of benzene rings is 2. The van der Waals surface area contributed by atoms with Gasteiger partial charge in [0.1, 0.15) is 5.76 Å². The van der Waals surface area contributed by atoms with Gasteiger partial charge in [-0.15, -0.1) is 0 Å². The summed E-state index contributed by atoms with van der Waals surface area (Å²) in [7, 11) is 0. The Morgan fingerprint density at radius 1 is 1.06 bits per heavy atom. The van der Waals surface area contributed by atoms with E-state index in [2.05, 4.69) is 10.3 Å². The highest BCUT2D eigenvalue weighted by atomic mass is 35.5. The molecule has 0 radical (unpaired) electrons. The number of carbonyl (C=O) groups is 3. The zero-order valence-corrected chi connectivity index (χ0v) is 17.7. The highest BCUT2D eigenvalue weighted by molar-refractivity contribution is 6.51. The maximum Gasteiger partial charge on any atom is 0.300 e. The number of halogens is 1. The molecule has 2 N–H and O–H groups in total. The number of hydrogen-bond acceptors (Lipinski definition) is 5. The maximum absolute atomic E-state index is 13.1. The van der Waals surface area contributed by atoms with Crippen molar-refractivity contribution in [2.45, 2.75) is 13.0 Å². The molecule has 160 valence electrons. The summed E-state index contributed by atoms with van der Waals surface area (Å²) in [4.78, 5) is 43.0. The summed E-state index contributed by atoms with van der Waals surface area (Å²) in [6.45, 7) is 1.38. The van der Waals surface area contributed by atoms with Gasteiger partial charge in [-0.1, -0.05) is 29.8 Å². The first-order valence-electron chi connectivity index (χ1n) is 9.71. The van der Waals surface area contributed by atoms with Gasteiger partial charge in [-0.05, 0) is 48.0 Å². The van der Waals surface area contributed by atoms with E-state index in [1.165, 1.54) is 17.9 Å². The number of ketones is 1. The van der Waals surface area contributed by atoms with E-state index in [1.807, 2.05) is 0 Å². The van der Waals surface area contributed by atoms with E-state index in [0.717, 1.165) is 0 Å². The topological polar surface area (TPSA) is 99.6 Å². The van der Waals surface area contributed by atoms with E-state index < -0.39 is 17.7 Å². The summed E-state index contributed by atoms with van der Waals surface area (Å²) in [6.07, 6.45) is 3.09. The summed E-state index contributed by atoms with van der Waals surface area (Å²) in [6, 6.07) is 15.5. The standard InChI is InChI=1S/C24H18ClN3O4/c1-14(29)27-18-6-3-7-19(13-18)28-21(15-8-10-26-11-9-15)20(23(31)24(28)32)22(30)16-4-2-5-17(25)12-16/h2-13,21,30H,1H3,(H,27,29)/b22-20+. The molecule has 32 heavy (non-hydrogen) atoms. The Kier molecular flexibility index (Phi) is 5.75. The number of hydrogen-bond donors (Lipinski definition) is 2. The third-order valence-electron chi connectivity index (χ3n) is 5.01. The van der Waals surface area contributed by atoms with Crippen LogP contribution in [0.1, 0.15) is 24.1 Å². The van der Waals surface area contributed by atoms with Gasteiger partial charge in [0.15, 0.2) is 0 Å². The molecule has 2 amide bonds. The fourth-order valence-corrected chi connectivity index (χ4v) is 3.88. The zero-order valence-electron chi connectivity index (χ0n) is 16.9. The molecule has 8 heteroatoms. The predicted molar refractivity (Wildman–Crippen MR) is 121 cm³/mol. The van der Waals surface area contributed by atoms with Crippen LogP contribution in [0, 0.1) is 0 Å². The minimum atomic E-state index is -0.899. The second-order valence-corrected chi connectivity index (χ2v) is 7.63. The lowest BCUT2D eigenvalue weighted by molar-refractivity contribution is -0.132. The highest BCUT2D eigenvalue weighted by Gasteiger charge is 2.47. The lowest BCUT2D eigenvalue weighted by Gasteiger charge is -2.25. The van der Waals surface area contributed by atoms with Crippen LogP contribution in [0.4, 0.5) is 11.4 Å². The van der Waals surface area contributed by atoms with Crippen LogP contribution in [-0.2, 0) is 14.4 Å². The number of nitrogens with one attached hydrogen (secondary N) is 1. The Hall–Kier alpha value is -3.97. The number of nitrogens with zero attached hydrogens (tertiary/aromatic N) is 2. The summed E-state index contributed by atoms with van der Waals surface area (Å²) in [5.74, 6) is -2.21. The van der Waals surface area contributed by atoms with Crippen molar-refractivity contribution >= 4 is 46.3 Å². The second-order valence-electron chi connectivity index (χ2n) is 7.19. The van der Waals surface area contributed by atoms with Gasteiger partial charge in [0, 0.05) is 41.3 Å². The quantitative estimate of drug-likeness (QED) is 0.352. The van der Waals surface area contributed by atoms with Gasteiger partial charge in [0.05, 0.1) is 11.6 Å². The molecule has 1 fully saturated rings. The van der Waals surface area contributed by atoms with E-state index in [0.29, 0.717) is 27.5 Å². The molecule has 1 aliphatic rings. The third-order valence-corrected chi connectivity index (χ3v) is 5.24. The molecule has 1 aliphatic heterocycles. The van der Waals surface area contributed by atoms with Crippen LogP contribution >= 0.6 is 11.6 Å². The Morgan fingerprint density at radius 3 is 2.47 bits per heavy atom. The van der Waals surface area contributed by atoms with Gasteiger partial charge in [0.2, 0.25) is 5.91 Å². The monoisotopic (exact) mass is 447 g/mol. The summed E-state index contributed by atoms with van der Waals surface area (Å²) >= 11 is 6.06. The van der Waals surface area contributed by atoms with Crippen LogP contribution in [0.3, 0.4) is 0 Å². The first kappa shape index (κ1) is 21.3. The zero-order chi connectivity index (χ0) is 22.8. The van der Waals surface area contributed by atoms with E-state index in [1.54, 1.807) is 67.0 Å². The van der Waals surface area contributed by atoms with Gasteiger partial charge in [-0.25, -0.2) is 0 Å². The third kappa shape index (κ3) is 3.98. The van der Waals surface area contributed by atoms with E-state index in [9.17, 15) is 19.5 Å². The molecule has 7 nitrogen and oxygen atoms in total. The van der Waals surface area contributed by atoms with Gasteiger partial charge >= 0.3 is 0 Å². The normalized spacial score (nSPS) is 17.4. The van der Waals surface area contributed by atoms with Crippen LogP contribution in [0.5, 0.6) is 0 Å². The van der Waals surface area contributed by atoms with Crippen molar-refractivity contribution in [2.24, 2.45) is 0 Å². The Balaban J connectivity index is 1.91. The molecule has 2 aromatic carbocycles. The van der Waals surface area contributed by atoms with Crippen molar-refractivity contribution in [1.82, 2.24) is 4.98 Å². The average Bonchev–Trinajstić information content (AvgIpc) is 3.04. The van der Waals surface area contributed by atoms with E-state index in [-0.39, 0.29) is 17.2 Å². The van der Waals surface area contributed by atoms with Crippen molar-refractivity contribution in [2.75, 3.05) is 10.2 Å². The number of aliphatic hydroxyl groups is 1. The molecule has 3 aromatic rings. The number of rotatable bonds is 4. The molecule has 4 rings (SSSR count). The van der Waals surface area contributed by atoms with Crippen LogP contribution in [0.2, 0.25) is 5.02 Å². The minimum Gasteiger partial charge on any atom is -0.507 e. The fourth-order valence-electron chi connectivity index (χ4n) is 3.69. The Bertz CT molecular complexity index is 1260. The van der Waals surface area contributed by atoms with Crippen LogP contribution in [0.25, 0.3) is 5.76 Å². The van der Waals surface area contributed by atoms with Gasteiger partial charge < -0.3 is 10.4 Å². The van der Waals surface area contributed by atoms with Crippen LogP contribution in [0.15, 0.2) is 78.6 Å². The number of aliphatic hydroxyl groups excluding tert-OH is 1. The summed E-state index contributed by atoms with van der Waals surface area (Å²) in [5, 5.41) is 14.1. The average molecular weight is 448 g/mol. The number of carbonyl (C=O) groups excluding carboxylic acids is 3. The first-order chi connectivity index (χ1) is 15.4. The van der Waals surface area contributed by atoms with Crippen molar-refractivity contribution in [3.05, 3.63) is 94.8 Å².